The van der Waals surface area contributed by atoms with Crippen LogP contribution in [0, 0.1) is 13.8 Å². The van der Waals surface area contributed by atoms with Crippen LogP contribution in [0.4, 0.5) is 0 Å². The SMILES string of the molecule is Cc1sc2nc(CS[C@@H](C)C(=O)OCC(N)=O)[nH]c(=O)c2c1C. The molecule has 2 aromatic rings. The molecule has 2 rings (SSSR count). The molecule has 0 saturated heterocycles. The summed E-state index contributed by atoms with van der Waals surface area (Å²) in [5.74, 6) is -0.368. The van der Waals surface area contributed by atoms with Gasteiger partial charge in [0.05, 0.1) is 11.1 Å². The maximum Gasteiger partial charge on any atom is 0.319 e. The van der Waals surface area contributed by atoms with Gasteiger partial charge >= 0.3 is 5.97 Å². The lowest BCUT2D eigenvalue weighted by atomic mass is 10.2. The fourth-order valence-electron chi connectivity index (χ4n) is 1.90. The lowest BCUT2D eigenvalue weighted by Crippen LogP contribution is -2.25. The highest BCUT2D eigenvalue weighted by atomic mass is 32.2. The van der Waals surface area contributed by atoms with Crippen molar-refractivity contribution in [1.82, 2.24) is 9.97 Å². The average Bonchev–Trinajstić information content (AvgIpc) is 2.77. The average molecular weight is 355 g/mol. The van der Waals surface area contributed by atoms with Crippen LogP contribution in [-0.2, 0) is 20.1 Å². The van der Waals surface area contributed by atoms with E-state index in [1.54, 1.807) is 6.92 Å². The van der Waals surface area contributed by atoms with Gasteiger partial charge in [-0.3, -0.25) is 14.4 Å². The molecule has 7 nitrogen and oxygen atoms in total. The Morgan fingerprint density at radius 2 is 2.13 bits per heavy atom. The summed E-state index contributed by atoms with van der Waals surface area (Å²) in [5.41, 5.74) is 5.69. The number of nitrogens with one attached hydrogen (secondary N) is 1. The van der Waals surface area contributed by atoms with Crippen LogP contribution in [-0.4, -0.2) is 33.7 Å². The van der Waals surface area contributed by atoms with E-state index in [0.29, 0.717) is 21.8 Å². The second-order valence-electron chi connectivity index (χ2n) is 5.00. The number of H-pyrrole nitrogens is 1. The van der Waals surface area contributed by atoms with Gasteiger partial charge in [-0.25, -0.2) is 4.98 Å². The van der Waals surface area contributed by atoms with Gasteiger partial charge in [-0.1, -0.05) is 0 Å². The summed E-state index contributed by atoms with van der Waals surface area (Å²) in [4.78, 5) is 43.3. The number of carbonyl (C=O) groups excluding carboxylic acids is 2. The number of amides is 1. The van der Waals surface area contributed by atoms with Gasteiger partial charge in [0.15, 0.2) is 6.61 Å². The molecule has 9 heteroatoms. The molecule has 0 aliphatic heterocycles. The van der Waals surface area contributed by atoms with Gasteiger partial charge in [-0.2, -0.15) is 0 Å². The molecule has 0 bridgehead atoms. The zero-order valence-corrected chi connectivity index (χ0v) is 14.6. The van der Waals surface area contributed by atoms with Crippen molar-refractivity contribution in [2.24, 2.45) is 5.73 Å². The molecule has 2 aromatic heterocycles. The van der Waals surface area contributed by atoms with E-state index in [2.05, 4.69) is 9.97 Å². The number of ether oxygens (including phenoxy) is 1. The van der Waals surface area contributed by atoms with Crippen molar-refractivity contribution in [2.75, 3.05) is 6.61 Å². The fourth-order valence-corrected chi connectivity index (χ4v) is 3.70. The number of carbonyl (C=O) groups is 2. The van der Waals surface area contributed by atoms with E-state index < -0.39 is 23.7 Å². The summed E-state index contributed by atoms with van der Waals surface area (Å²) in [6.07, 6.45) is 0. The number of aryl methyl sites for hydroxylation is 2. The quantitative estimate of drug-likeness (QED) is 0.754. The summed E-state index contributed by atoms with van der Waals surface area (Å²) >= 11 is 2.74. The summed E-state index contributed by atoms with van der Waals surface area (Å²) in [6.45, 7) is 5.07. The smallest absolute Gasteiger partial charge is 0.319 e. The third-order valence-corrected chi connectivity index (χ3v) is 5.48. The molecule has 124 valence electrons. The molecule has 0 saturated carbocycles. The first-order valence-corrected chi connectivity index (χ1v) is 8.71. The minimum Gasteiger partial charge on any atom is -0.455 e. The van der Waals surface area contributed by atoms with Crippen molar-refractivity contribution >= 4 is 45.2 Å². The first kappa shape index (κ1) is 17.5. The molecular weight excluding hydrogens is 338 g/mol. The number of thiophene rings is 1. The van der Waals surface area contributed by atoms with E-state index in [1.807, 2.05) is 13.8 Å². The zero-order valence-electron chi connectivity index (χ0n) is 13.0. The van der Waals surface area contributed by atoms with Crippen LogP contribution in [0.15, 0.2) is 4.79 Å². The number of nitrogens with two attached hydrogens (primary N) is 1. The molecule has 0 aromatic carbocycles. The van der Waals surface area contributed by atoms with Crippen LogP contribution in [0.1, 0.15) is 23.2 Å². The molecule has 1 amide bonds. The van der Waals surface area contributed by atoms with Crippen molar-refractivity contribution < 1.29 is 14.3 Å². The molecule has 23 heavy (non-hydrogen) atoms. The molecule has 0 aliphatic rings. The van der Waals surface area contributed by atoms with Crippen molar-refractivity contribution in [1.29, 1.82) is 0 Å². The van der Waals surface area contributed by atoms with Crippen LogP contribution in [0.2, 0.25) is 0 Å². The van der Waals surface area contributed by atoms with E-state index in [4.69, 9.17) is 10.5 Å². The zero-order chi connectivity index (χ0) is 17.1. The minimum absolute atomic E-state index is 0.170. The fraction of sp³-hybridized carbons (Fsp3) is 0.429. The van der Waals surface area contributed by atoms with E-state index in [-0.39, 0.29) is 5.56 Å². The molecular formula is C14H17N3O4S2. The van der Waals surface area contributed by atoms with E-state index in [1.165, 1.54) is 23.1 Å². The first-order chi connectivity index (χ1) is 10.8. The van der Waals surface area contributed by atoms with E-state index >= 15 is 0 Å². The monoisotopic (exact) mass is 355 g/mol. The first-order valence-electron chi connectivity index (χ1n) is 6.85. The van der Waals surface area contributed by atoms with Gasteiger partial charge in [0.1, 0.15) is 15.9 Å². The van der Waals surface area contributed by atoms with Crippen molar-refractivity contribution in [3.63, 3.8) is 0 Å². The highest BCUT2D eigenvalue weighted by Crippen LogP contribution is 2.26. The van der Waals surface area contributed by atoms with Gasteiger partial charge in [-0.15, -0.1) is 23.1 Å². The number of aromatic nitrogens is 2. The van der Waals surface area contributed by atoms with Gasteiger partial charge in [0, 0.05) is 4.88 Å². The largest absolute Gasteiger partial charge is 0.455 e. The molecule has 0 spiro atoms. The van der Waals surface area contributed by atoms with Crippen molar-refractivity contribution in [3.05, 3.63) is 26.6 Å². The Morgan fingerprint density at radius 1 is 1.43 bits per heavy atom. The predicted molar refractivity (Wildman–Crippen MR) is 90.6 cm³/mol. The topological polar surface area (TPSA) is 115 Å². The Balaban J connectivity index is 2.06. The number of aromatic amines is 1. The van der Waals surface area contributed by atoms with Crippen molar-refractivity contribution in [2.45, 2.75) is 31.8 Å². The highest BCUT2D eigenvalue weighted by Gasteiger charge is 2.17. The Kier molecular flexibility index (Phi) is 5.42. The Labute approximate surface area is 140 Å². The van der Waals surface area contributed by atoms with Crippen LogP contribution in [0.25, 0.3) is 10.2 Å². The molecule has 0 unspecified atom stereocenters. The second-order valence-corrected chi connectivity index (χ2v) is 7.54. The Hall–Kier alpha value is -1.87. The summed E-state index contributed by atoms with van der Waals surface area (Å²) in [7, 11) is 0. The molecule has 1 atom stereocenters. The van der Waals surface area contributed by atoms with Crippen LogP contribution in [0.5, 0.6) is 0 Å². The number of hydrogen-bond donors (Lipinski definition) is 2. The summed E-state index contributed by atoms with van der Waals surface area (Å²) < 4.78 is 4.74. The maximum absolute atomic E-state index is 12.1. The summed E-state index contributed by atoms with van der Waals surface area (Å²) in [5, 5.41) is 0.123. The number of fused-ring (bicyclic) bond motifs is 1. The third-order valence-electron chi connectivity index (χ3n) is 3.25. The molecule has 0 radical (unpaired) electrons. The van der Waals surface area contributed by atoms with Crippen molar-refractivity contribution in [3.8, 4) is 0 Å². The predicted octanol–water partition coefficient (Wildman–Crippen LogP) is 1.25. The van der Waals surface area contributed by atoms with Gasteiger partial charge in [0.2, 0.25) is 0 Å². The molecule has 0 fully saturated rings. The third kappa shape index (κ3) is 4.11. The second kappa shape index (κ2) is 7.14. The number of thioether (sulfide) groups is 1. The van der Waals surface area contributed by atoms with Crippen LogP contribution >= 0.6 is 23.1 Å². The van der Waals surface area contributed by atoms with Gasteiger partial charge in [-0.05, 0) is 26.3 Å². The van der Waals surface area contributed by atoms with Crippen LogP contribution < -0.4 is 11.3 Å². The molecule has 3 N–H and O–H groups in total. The van der Waals surface area contributed by atoms with Gasteiger partial charge in [0.25, 0.3) is 11.5 Å². The van der Waals surface area contributed by atoms with Crippen LogP contribution in [0.3, 0.4) is 0 Å². The lowest BCUT2D eigenvalue weighted by Gasteiger charge is -2.09. The Bertz CT molecular complexity index is 812. The number of primary amides is 1. The number of rotatable bonds is 6. The van der Waals surface area contributed by atoms with Gasteiger partial charge < -0.3 is 15.5 Å². The minimum atomic E-state index is -0.699. The molecule has 0 aliphatic carbocycles. The number of esters is 1. The number of nitrogens with zero attached hydrogens (tertiary/aromatic N) is 1. The van der Waals surface area contributed by atoms with E-state index in [9.17, 15) is 14.4 Å². The van der Waals surface area contributed by atoms with E-state index in [0.717, 1.165) is 10.4 Å². The Morgan fingerprint density at radius 3 is 2.78 bits per heavy atom. The summed E-state index contributed by atoms with van der Waals surface area (Å²) in [6, 6.07) is 0. The lowest BCUT2D eigenvalue weighted by molar-refractivity contribution is -0.146. The normalized spacial score (nSPS) is 12.3. The molecule has 2 heterocycles. The standard InChI is InChI=1S/C14H17N3O4S2/c1-6-7(2)23-13-11(6)12(19)16-10(17-13)5-22-8(3)14(20)21-4-9(15)18/h8H,4-5H2,1-3H3,(H2,15,18)(H,16,17,19)/t8-/m0/s1. The maximum atomic E-state index is 12.1. The number of hydrogen-bond acceptors (Lipinski definition) is 7. The highest BCUT2D eigenvalue weighted by molar-refractivity contribution is 7.99.